The predicted octanol–water partition coefficient (Wildman–Crippen LogP) is 4.13. The second kappa shape index (κ2) is 12.6. The molecule has 0 aliphatic carbocycles. The predicted molar refractivity (Wildman–Crippen MR) is 150 cm³/mol. The van der Waals surface area contributed by atoms with Gasteiger partial charge in [0.15, 0.2) is 0 Å². The lowest BCUT2D eigenvalue weighted by atomic mass is 9.95. The summed E-state index contributed by atoms with van der Waals surface area (Å²) < 4.78 is 16.3. The molecule has 212 valence electrons. The molecule has 0 spiro atoms. The van der Waals surface area contributed by atoms with Crippen LogP contribution in [0.2, 0.25) is 0 Å². The van der Waals surface area contributed by atoms with Crippen LogP contribution >= 0.6 is 0 Å². The number of carbonyl (C=O) groups excluding carboxylic acids is 2. The normalized spacial score (nSPS) is 13.2. The number of rotatable bonds is 9. The van der Waals surface area contributed by atoms with E-state index >= 15 is 0 Å². The van der Waals surface area contributed by atoms with Gasteiger partial charge in [0.2, 0.25) is 5.88 Å². The van der Waals surface area contributed by atoms with Crippen LogP contribution in [0.3, 0.4) is 0 Å². The summed E-state index contributed by atoms with van der Waals surface area (Å²) in [5.41, 5.74) is 1.41. The molecular weight excluding hydrogens is 514 g/mol. The molecule has 1 fully saturated rings. The Morgan fingerprint density at radius 1 is 0.825 bits per heavy atom. The van der Waals surface area contributed by atoms with Crippen molar-refractivity contribution in [2.75, 3.05) is 47.5 Å². The maximum atomic E-state index is 13.7. The Kier molecular flexibility index (Phi) is 8.98. The Hall–Kier alpha value is -4.47. The van der Waals surface area contributed by atoms with E-state index in [1.165, 1.54) is 19.1 Å². The molecule has 0 radical (unpaired) electrons. The van der Waals surface area contributed by atoms with Crippen LogP contribution in [0.1, 0.15) is 46.2 Å². The number of hydrogen-bond acceptors (Lipinski definition) is 8. The number of aromatic hydroxyl groups is 2. The van der Waals surface area contributed by atoms with E-state index in [9.17, 15) is 19.8 Å². The number of nitrogens with zero attached hydrogens (tertiary/aromatic N) is 3. The van der Waals surface area contributed by atoms with Crippen LogP contribution in [0.4, 0.5) is 0 Å². The van der Waals surface area contributed by atoms with Gasteiger partial charge < -0.3 is 34.2 Å². The summed E-state index contributed by atoms with van der Waals surface area (Å²) in [6.07, 6.45) is 2.09. The Bertz CT molecular complexity index is 1340. The summed E-state index contributed by atoms with van der Waals surface area (Å²) in [5, 5.41) is 22.4. The number of pyridine rings is 1. The van der Waals surface area contributed by atoms with Gasteiger partial charge in [0.25, 0.3) is 11.8 Å². The average molecular weight is 550 g/mol. The highest BCUT2D eigenvalue weighted by atomic mass is 16.5. The molecule has 2 amide bonds. The fraction of sp³-hybridized carbons (Fsp3) is 0.367. The summed E-state index contributed by atoms with van der Waals surface area (Å²) >= 11 is 0. The van der Waals surface area contributed by atoms with Crippen molar-refractivity contribution in [2.24, 2.45) is 0 Å². The van der Waals surface area contributed by atoms with Crippen molar-refractivity contribution in [1.82, 2.24) is 14.8 Å². The van der Waals surface area contributed by atoms with E-state index in [4.69, 9.17) is 14.2 Å². The van der Waals surface area contributed by atoms with Crippen molar-refractivity contribution in [1.29, 1.82) is 0 Å². The smallest absolute Gasteiger partial charge is 0.263 e. The zero-order valence-corrected chi connectivity index (χ0v) is 23.3. The number of amides is 2. The van der Waals surface area contributed by atoms with E-state index in [2.05, 4.69) is 4.98 Å². The third kappa shape index (κ3) is 5.61. The number of aryl methyl sites for hydroxylation is 1. The lowest BCUT2D eigenvalue weighted by Crippen LogP contribution is -2.50. The van der Waals surface area contributed by atoms with Crippen LogP contribution in [-0.4, -0.2) is 84.3 Å². The Labute approximate surface area is 233 Å². The minimum absolute atomic E-state index is 0.145. The first-order valence-corrected chi connectivity index (χ1v) is 13.2. The van der Waals surface area contributed by atoms with E-state index in [0.717, 1.165) is 12.8 Å². The molecule has 0 saturated carbocycles. The van der Waals surface area contributed by atoms with Gasteiger partial charge in [-0.25, -0.2) is 4.98 Å². The molecule has 1 aliphatic rings. The highest BCUT2D eigenvalue weighted by Gasteiger charge is 2.33. The maximum absolute atomic E-state index is 13.7. The quantitative estimate of drug-likeness (QED) is 0.409. The van der Waals surface area contributed by atoms with Crippen LogP contribution in [0.15, 0.2) is 42.5 Å². The zero-order chi connectivity index (χ0) is 28.8. The van der Waals surface area contributed by atoms with Gasteiger partial charge in [-0.3, -0.25) is 9.59 Å². The van der Waals surface area contributed by atoms with Gasteiger partial charge in [-0.1, -0.05) is 19.4 Å². The molecule has 4 rings (SSSR count). The molecule has 1 aliphatic heterocycles. The van der Waals surface area contributed by atoms with Crippen molar-refractivity contribution in [3.05, 3.63) is 59.3 Å². The lowest BCUT2D eigenvalue weighted by molar-refractivity contribution is 0.0531. The number of hydrogen-bond donors (Lipinski definition) is 2. The molecule has 0 unspecified atom stereocenters. The van der Waals surface area contributed by atoms with Gasteiger partial charge in [-0.2, -0.15) is 0 Å². The molecule has 10 heteroatoms. The zero-order valence-electron chi connectivity index (χ0n) is 23.3. The molecule has 2 aromatic carbocycles. The standard InChI is InChI=1S/C30H35N3O7/c1-5-6-8-21-24(25-22(39-3)9-7-10-23(25)40-4)27(34)26(28(35)31-21)30(37)33-17-15-32(16-18-33)29(36)19-11-13-20(38-2)14-12-19/h7,9-14H,5-6,8,15-18H2,1-4H3,(H2,31,34,35). The third-order valence-electron chi connectivity index (χ3n) is 7.08. The first-order valence-electron chi connectivity index (χ1n) is 13.2. The molecule has 1 saturated heterocycles. The van der Waals surface area contributed by atoms with E-state index in [-0.39, 0.29) is 35.9 Å². The lowest BCUT2D eigenvalue weighted by Gasteiger charge is -2.35. The van der Waals surface area contributed by atoms with Gasteiger partial charge >= 0.3 is 0 Å². The summed E-state index contributed by atoms with van der Waals surface area (Å²) in [5.74, 6) is -0.117. The first kappa shape index (κ1) is 28.5. The molecule has 0 atom stereocenters. The van der Waals surface area contributed by atoms with Crippen LogP contribution < -0.4 is 14.2 Å². The molecule has 2 N–H and O–H groups in total. The topological polar surface area (TPSA) is 122 Å². The Morgan fingerprint density at radius 2 is 1.40 bits per heavy atom. The fourth-order valence-corrected chi connectivity index (χ4v) is 4.88. The highest BCUT2D eigenvalue weighted by Crippen LogP contribution is 2.47. The number of aromatic nitrogens is 1. The number of methoxy groups -OCH3 is 3. The molecule has 0 bridgehead atoms. The van der Waals surface area contributed by atoms with Crippen molar-refractivity contribution in [3.8, 4) is 40.0 Å². The molecular formula is C30H35N3O7. The average Bonchev–Trinajstić information content (AvgIpc) is 2.99. The third-order valence-corrected chi connectivity index (χ3v) is 7.08. The summed E-state index contributed by atoms with van der Waals surface area (Å²) in [4.78, 5) is 34.2. The second-order valence-corrected chi connectivity index (χ2v) is 9.43. The number of benzene rings is 2. The minimum Gasteiger partial charge on any atom is -0.506 e. The molecule has 1 aromatic heterocycles. The van der Waals surface area contributed by atoms with Gasteiger partial charge in [0.05, 0.1) is 38.2 Å². The Balaban J connectivity index is 1.64. The number of unbranched alkanes of at least 4 members (excludes halogenated alkanes) is 1. The van der Waals surface area contributed by atoms with Crippen LogP contribution in [0.25, 0.3) is 11.1 Å². The van der Waals surface area contributed by atoms with Gasteiger partial charge in [-0.05, 0) is 49.2 Å². The molecule has 10 nitrogen and oxygen atoms in total. The van der Waals surface area contributed by atoms with Crippen LogP contribution in [-0.2, 0) is 6.42 Å². The van der Waals surface area contributed by atoms with Crippen molar-refractivity contribution in [2.45, 2.75) is 26.2 Å². The summed E-state index contributed by atoms with van der Waals surface area (Å²) in [6, 6.07) is 12.1. The van der Waals surface area contributed by atoms with E-state index in [0.29, 0.717) is 53.6 Å². The van der Waals surface area contributed by atoms with Crippen LogP contribution in [0, 0.1) is 0 Å². The molecule has 40 heavy (non-hydrogen) atoms. The van der Waals surface area contributed by atoms with Gasteiger partial charge in [0.1, 0.15) is 28.6 Å². The van der Waals surface area contributed by atoms with E-state index in [1.54, 1.807) is 54.5 Å². The van der Waals surface area contributed by atoms with Crippen molar-refractivity contribution < 1.29 is 34.0 Å². The van der Waals surface area contributed by atoms with E-state index < -0.39 is 11.8 Å². The highest BCUT2D eigenvalue weighted by molar-refractivity contribution is 6.02. The monoisotopic (exact) mass is 549 g/mol. The van der Waals surface area contributed by atoms with Gasteiger partial charge in [-0.15, -0.1) is 0 Å². The van der Waals surface area contributed by atoms with Crippen LogP contribution in [0.5, 0.6) is 28.9 Å². The first-order chi connectivity index (χ1) is 19.3. The molecule has 3 aromatic rings. The number of carbonyl (C=O) groups is 2. The number of ether oxygens (including phenoxy) is 3. The maximum Gasteiger partial charge on any atom is 0.263 e. The van der Waals surface area contributed by atoms with Crippen molar-refractivity contribution in [3.63, 3.8) is 0 Å². The fourth-order valence-electron chi connectivity index (χ4n) is 4.88. The number of piperazine rings is 1. The molecule has 2 heterocycles. The second-order valence-electron chi connectivity index (χ2n) is 9.43. The van der Waals surface area contributed by atoms with Gasteiger partial charge in [0, 0.05) is 31.7 Å². The van der Waals surface area contributed by atoms with Crippen molar-refractivity contribution >= 4 is 11.8 Å². The SMILES string of the molecule is CCCCc1nc(O)c(C(=O)N2CCN(C(=O)c3ccc(OC)cc3)CC2)c(O)c1-c1c(OC)cccc1OC. The summed E-state index contributed by atoms with van der Waals surface area (Å²) in [6.45, 7) is 3.08. The summed E-state index contributed by atoms with van der Waals surface area (Å²) in [7, 11) is 4.58. The minimum atomic E-state index is -0.573. The largest absolute Gasteiger partial charge is 0.506 e. The Morgan fingerprint density at radius 3 is 1.93 bits per heavy atom. The van der Waals surface area contributed by atoms with E-state index in [1.807, 2.05) is 6.92 Å².